The summed E-state index contributed by atoms with van der Waals surface area (Å²) in [6.07, 6.45) is -0.203. The number of urea groups is 1. The number of hydrogen-bond acceptors (Lipinski definition) is 7. The Morgan fingerprint density at radius 2 is 1.80 bits per heavy atom. The maximum Gasteiger partial charge on any atom is 0.481 e. The van der Waals surface area contributed by atoms with Crippen LogP contribution in [-0.4, -0.2) is 52.8 Å². The Labute approximate surface area is 313 Å². The van der Waals surface area contributed by atoms with Gasteiger partial charge in [-0.15, -0.1) is 0 Å². The lowest BCUT2D eigenvalue weighted by Gasteiger charge is -2.64. The van der Waals surface area contributed by atoms with Gasteiger partial charge in [0.2, 0.25) is 5.91 Å². The smallest absolute Gasteiger partial charge is 0.404 e. The number of benzene rings is 2. The molecule has 8 rings (SSSR count). The van der Waals surface area contributed by atoms with Gasteiger partial charge in [0.05, 0.1) is 34.9 Å². The molecule has 4 fully saturated rings. The van der Waals surface area contributed by atoms with Gasteiger partial charge in [0.25, 0.3) is 5.56 Å². The van der Waals surface area contributed by atoms with Crippen LogP contribution in [0, 0.1) is 17.3 Å². The second-order valence-electron chi connectivity index (χ2n) is 16.3. The van der Waals surface area contributed by atoms with E-state index in [0.717, 1.165) is 30.5 Å². The molecule has 3 saturated carbocycles. The lowest BCUT2D eigenvalue weighted by molar-refractivity contribution is -0.199. The number of carbonyl (C=O) groups excluding carboxylic acids is 2. The number of halogens is 3. The van der Waals surface area contributed by atoms with E-state index in [-0.39, 0.29) is 36.0 Å². The highest BCUT2D eigenvalue weighted by atomic mass is 19.4. The number of fused-ring (bicyclic) bond motifs is 1. The van der Waals surface area contributed by atoms with E-state index in [1.54, 1.807) is 6.92 Å². The van der Waals surface area contributed by atoms with E-state index in [1.807, 2.05) is 37.3 Å². The summed E-state index contributed by atoms with van der Waals surface area (Å²) in [5.41, 5.74) is -1.59. The number of anilines is 1. The summed E-state index contributed by atoms with van der Waals surface area (Å²) < 4.78 is 54.5. The zero-order valence-electron chi connectivity index (χ0n) is 31.3. The van der Waals surface area contributed by atoms with Gasteiger partial charge in [0, 0.05) is 19.5 Å². The minimum absolute atomic E-state index is 0.00127. The third-order valence-electron chi connectivity index (χ3n) is 12.4. The summed E-state index contributed by atoms with van der Waals surface area (Å²) in [7, 11) is -0.680. The van der Waals surface area contributed by atoms with Crippen LogP contribution in [0.3, 0.4) is 0 Å². The fourth-order valence-electron chi connectivity index (χ4n) is 9.20. The molecule has 3 heterocycles. The van der Waals surface area contributed by atoms with Crippen molar-refractivity contribution in [2.45, 2.75) is 109 Å². The number of hydrogen-bond donors (Lipinski definition) is 4. The lowest BCUT2D eigenvalue weighted by atomic mass is 9.43. The molecule has 2 bridgehead atoms. The molecular weight excluding hydrogens is 700 g/mol. The Bertz CT molecular complexity index is 1960. The Balaban J connectivity index is 1.11. The zero-order valence-corrected chi connectivity index (χ0v) is 31.3. The molecule has 4 N–H and O–H groups in total. The van der Waals surface area contributed by atoms with Gasteiger partial charge in [-0.2, -0.15) is 13.2 Å². The summed E-state index contributed by atoms with van der Waals surface area (Å²) in [5, 5.41) is 11.8. The molecule has 15 heteroatoms. The number of amides is 3. The topological polar surface area (TPSA) is 136 Å². The lowest BCUT2D eigenvalue weighted by Crippen LogP contribution is -2.65. The monoisotopic (exact) mass is 748 g/mol. The zero-order chi connectivity index (χ0) is 38.6. The quantitative estimate of drug-likeness (QED) is 0.184. The van der Waals surface area contributed by atoms with Gasteiger partial charge >= 0.3 is 19.3 Å². The SMILES string of the molecule is CC[C@H](NC(=O)[C@@H]1C[C@@](C)(NC(=O)NCCc2ccccc2)c2ncc(NCc3cccc(C(F)(F)F)c3)c(=O)n21)B1O[C@@H]2C[C@@H]3C[C@@H](C3(C)C)[C@]2(C)O1. The first-order valence-corrected chi connectivity index (χ1v) is 18.8. The van der Waals surface area contributed by atoms with E-state index >= 15 is 0 Å². The van der Waals surface area contributed by atoms with Gasteiger partial charge in [-0.3, -0.25) is 14.2 Å². The van der Waals surface area contributed by atoms with Crippen molar-refractivity contribution in [3.63, 3.8) is 0 Å². The van der Waals surface area contributed by atoms with E-state index < -0.39 is 59.5 Å². The highest BCUT2D eigenvalue weighted by Crippen LogP contribution is 2.65. The number of nitrogens with zero attached hydrogens (tertiary/aromatic N) is 2. The van der Waals surface area contributed by atoms with Crippen molar-refractivity contribution in [3.05, 3.63) is 93.7 Å². The normalized spacial score (nSPS) is 28.3. The van der Waals surface area contributed by atoms with Crippen molar-refractivity contribution in [2.24, 2.45) is 17.3 Å². The van der Waals surface area contributed by atoms with Crippen molar-refractivity contribution < 1.29 is 32.1 Å². The molecule has 288 valence electrons. The maximum atomic E-state index is 14.3. The number of carbonyl (C=O) groups is 2. The fraction of sp³-hybridized carbons (Fsp3) is 0.538. The Hall–Kier alpha value is -4.37. The predicted molar refractivity (Wildman–Crippen MR) is 197 cm³/mol. The van der Waals surface area contributed by atoms with Crippen LogP contribution in [0.2, 0.25) is 0 Å². The van der Waals surface area contributed by atoms with Crippen molar-refractivity contribution in [1.82, 2.24) is 25.5 Å². The van der Waals surface area contributed by atoms with Crippen LogP contribution in [0.5, 0.6) is 0 Å². The Kier molecular flexibility index (Phi) is 9.87. The third kappa shape index (κ3) is 6.89. The van der Waals surface area contributed by atoms with Gasteiger partial charge in [0.15, 0.2) is 0 Å². The van der Waals surface area contributed by atoms with Gasteiger partial charge < -0.3 is 30.6 Å². The number of nitrogens with one attached hydrogen (secondary N) is 4. The first kappa shape index (κ1) is 37.9. The van der Waals surface area contributed by atoms with Crippen molar-refractivity contribution >= 4 is 24.7 Å². The van der Waals surface area contributed by atoms with Gasteiger partial charge in [-0.05, 0) is 80.0 Å². The number of alkyl halides is 3. The molecule has 11 nitrogen and oxygen atoms in total. The van der Waals surface area contributed by atoms with Gasteiger partial charge in [0.1, 0.15) is 17.6 Å². The molecule has 1 saturated heterocycles. The van der Waals surface area contributed by atoms with Crippen LogP contribution in [0.25, 0.3) is 0 Å². The van der Waals surface area contributed by atoms with Crippen LogP contribution in [-0.2, 0) is 38.8 Å². The predicted octanol–water partition coefficient (Wildman–Crippen LogP) is 5.74. The van der Waals surface area contributed by atoms with Gasteiger partial charge in [-0.1, -0.05) is 63.2 Å². The Morgan fingerprint density at radius 3 is 2.50 bits per heavy atom. The molecule has 1 aromatic heterocycles. The maximum absolute atomic E-state index is 14.3. The molecule has 5 aliphatic rings. The van der Waals surface area contributed by atoms with Crippen molar-refractivity contribution in [2.75, 3.05) is 11.9 Å². The summed E-state index contributed by atoms with van der Waals surface area (Å²) in [6.45, 7) is 10.6. The van der Waals surface area contributed by atoms with E-state index in [2.05, 4.69) is 47.0 Å². The second kappa shape index (κ2) is 14.0. The number of rotatable bonds is 11. The third-order valence-corrected chi connectivity index (χ3v) is 12.4. The van der Waals surface area contributed by atoms with Crippen LogP contribution in [0.15, 0.2) is 65.6 Å². The van der Waals surface area contributed by atoms with Crippen molar-refractivity contribution in [1.29, 1.82) is 0 Å². The Morgan fingerprint density at radius 1 is 1.06 bits per heavy atom. The average molecular weight is 749 g/mol. The van der Waals surface area contributed by atoms with E-state index in [4.69, 9.17) is 9.31 Å². The molecule has 3 aliphatic carbocycles. The summed E-state index contributed by atoms with van der Waals surface area (Å²) in [6, 6.07) is 13.0. The van der Waals surface area contributed by atoms with Crippen LogP contribution < -0.4 is 26.8 Å². The number of aromatic nitrogens is 2. The average Bonchev–Trinajstić information content (AvgIpc) is 3.64. The highest BCUT2D eigenvalue weighted by Gasteiger charge is 2.68. The largest absolute Gasteiger partial charge is 0.481 e. The molecular formula is C39H48BF3N6O5. The minimum Gasteiger partial charge on any atom is -0.404 e. The highest BCUT2D eigenvalue weighted by molar-refractivity contribution is 6.47. The molecule has 0 unspecified atom stereocenters. The molecule has 3 amide bonds. The van der Waals surface area contributed by atoms with Crippen molar-refractivity contribution in [3.8, 4) is 0 Å². The van der Waals surface area contributed by atoms with Gasteiger partial charge in [-0.25, -0.2) is 9.78 Å². The van der Waals surface area contributed by atoms with E-state index in [9.17, 15) is 27.6 Å². The summed E-state index contributed by atoms with van der Waals surface area (Å²) >= 11 is 0. The van der Waals surface area contributed by atoms with E-state index in [1.165, 1.54) is 22.9 Å². The standard InChI is InChI=1S/C39H48BF3N6O5/c1-6-31(40-53-30-19-26-18-29(36(26,2)3)38(30,5)54-40)47-32(50)28-20-37(4,48-35(52)44-16-15-23-11-8-7-9-12-23)34-46-22-27(33(51)49(28)34)45-21-24-13-10-14-25(17-24)39(41,42)43/h7-14,17,22,26,28-31,45H,6,15-16,18-21H2,1-5H3,(H,47,50)(H2,44,48,52)/t26-,28-,29-,30+,31-,37+,38-/m0/s1. The fourth-order valence-corrected chi connectivity index (χ4v) is 9.20. The van der Waals surface area contributed by atoms with Crippen LogP contribution >= 0.6 is 0 Å². The minimum atomic E-state index is -4.52. The van der Waals surface area contributed by atoms with Crippen LogP contribution in [0.1, 0.15) is 88.9 Å². The van der Waals surface area contributed by atoms with Crippen LogP contribution in [0.4, 0.5) is 23.7 Å². The molecule has 0 radical (unpaired) electrons. The molecule has 2 aliphatic heterocycles. The molecule has 0 spiro atoms. The van der Waals surface area contributed by atoms with E-state index in [0.29, 0.717) is 36.8 Å². The molecule has 3 aromatic rings. The summed E-state index contributed by atoms with van der Waals surface area (Å²) in [4.78, 5) is 46.3. The molecule has 7 atom stereocenters. The molecule has 54 heavy (non-hydrogen) atoms. The second-order valence-corrected chi connectivity index (χ2v) is 16.3. The molecule has 2 aromatic carbocycles. The first-order chi connectivity index (χ1) is 25.5. The first-order valence-electron chi connectivity index (χ1n) is 18.8. The summed E-state index contributed by atoms with van der Waals surface area (Å²) in [5.74, 6) is 0.0943.